The molecule has 0 aliphatic carbocycles. The first-order chi connectivity index (χ1) is 17.0. The summed E-state index contributed by atoms with van der Waals surface area (Å²) < 4.78 is 5.55. The number of Topliss-reactive ketones (excluding diaryl/α,β-unsaturated/α-hetero) is 1. The molecule has 7 nitrogen and oxygen atoms in total. The van der Waals surface area contributed by atoms with Gasteiger partial charge in [0.05, 0.1) is 23.2 Å². The van der Waals surface area contributed by atoms with E-state index in [1.165, 1.54) is 4.90 Å². The molecule has 2 aromatic heterocycles. The van der Waals surface area contributed by atoms with Crippen molar-refractivity contribution in [2.75, 3.05) is 6.61 Å². The molecule has 4 aromatic rings. The van der Waals surface area contributed by atoms with E-state index in [9.17, 15) is 14.7 Å². The van der Waals surface area contributed by atoms with Gasteiger partial charge in [0.25, 0.3) is 11.7 Å². The van der Waals surface area contributed by atoms with Gasteiger partial charge >= 0.3 is 0 Å². The summed E-state index contributed by atoms with van der Waals surface area (Å²) in [6.07, 6.45) is 5.03. The molecule has 1 aliphatic heterocycles. The van der Waals surface area contributed by atoms with Crippen LogP contribution >= 0.6 is 11.6 Å². The molecule has 176 valence electrons. The molecule has 5 rings (SSSR count). The first-order valence-electron chi connectivity index (χ1n) is 11.2. The standard InChI is InChI=1S/C27H22ClN3O4/c1-2-35-17-7-8-21(28)19(13-17)25(32)23-24(20-14-30-22-6-4-3-5-18(20)22)31(27(34)26(23)33)15-16-9-11-29-12-10-16/h3-14,24,30,32H,2,15H2,1H3/b25-23+. The zero-order chi connectivity index (χ0) is 24.5. The molecule has 1 atom stereocenters. The van der Waals surface area contributed by atoms with Crippen molar-refractivity contribution in [3.05, 3.63) is 100 Å². The molecule has 35 heavy (non-hydrogen) atoms. The first kappa shape index (κ1) is 22.7. The van der Waals surface area contributed by atoms with Crippen LogP contribution in [0.15, 0.2) is 78.8 Å². The van der Waals surface area contributed by atoms with Crippen molar-refractivity contribution in [2.45, 2.75) is 19.5 Å². The van der Waals surface area contributed by atoms with Gasteiger partial charge in [-0.2, -0.15) is 0 Å². The number of carbonyl (C=O) groups is 2. The summed E-state index contributed by atoms with van der Waals surface area (Å²) in [6, 6.07) is 15.2. The minimum absolute atomic E-state index is 0.0237. The Morgan fingerprint density at radius 1 is 1.14 bits per heavy atom. The fourth-order valence-electron chi connectivity index (χ4n) is 4.46. The van der Waals surface area contributed by atoms with Crippen molar-refractivity contribution >= 4 is 40.0 Å². The van der Waals surface area contributed by atoms with Crippen LogP contribution in [-0.4, -0.2) is 38.3 Å². The number of halogens is 1. The van der Waals surface area contributed by atoms with Gasteiger partial charge in [-0.3, -0.25) is 14.6 Å². The topological polar surface area (TPSA) is 95.5 Å². The van der Waals surface area contributed by atoms with Gasteiger partial charge in [-0.15, -0.1) is 0 Å². The molecule has 0 bridgehead atoms. The number of likely N-dealkylation sites (tertiary alicyclic amines) is 1. The Balaban J connectivity index is 1.72. The zero-order valence-corrected chi connectivity index (χ0v) is 19.6. The lowest BCUT2D eigenvalue weighted by Gasteiger charge is -2.25. The third-order valence-corrected chi connectivity index (χ3v) is 6.39. The van der Waals surface area contributed by atoms with E-state index in [-0.39, 0.29) is 28.5 Å². The van der Waals surface area contributed by atoms with E-state index in [1.807, 2.05) is 31.2 Å². The van der Waals surface area contributed by atoms with Crippen molar-refractivity contribution in [3.8, 4) is 5.75 Å². The number of aliphatic hydroxyl groups excluding tert-OH is 1. The maximum Gasteiger partial charge on any atom is 0.295 e. The lowest BCUT2D eigenvalue weighted by atomic mass is 9.94. The second kappa shape index (κ2) is 9.27. The number of aromatic nitrogens is 2. The highest BCUT2D eigenvalue weighted by molar-refractivity contribution is 6.47. The van der Waals surface area contributed by atoms with Crippen LogP contribution in [0.2, 0.25) is 5.02 Å². The molecule has 1 unspecified atom stereocenters. The largest absolute Gasteiger partial charge is 0.507 e. The quantitative estimate of drug-likeness (QED) is 0.220. The Labute approximate surface area is 206 Å². The second-order valence-corrected chi connectivity index (χ2v) is 8.55. The Hall–Kier alpha value is -4.10. The van der Waals surface area contributed by atoms with E-state index in [1.54, 1.807) is 48.9 Å². The van der Waals surface area contributed by atoms with E-state index in [4.69, 9.17) is 16.3 Å². The van der Waals surface area contributed by atoms with Gasteiger partial charge < -0.3 is 19.7 Å². The Morgan fingerprint density at radius 2 is 1.91 bits per heavy atom. The van der Waals surface area contributed by atoms with Crippen LogP contribution in [-0.2, 0) is 16.1 Å². The molecular formula is C27H22ClN3O4. The van der Waals surface area contributed by atoms with E-state index in [0.29, 0.717) is 17.9 Å². The highest BCUT2D eigenvalue weighted by atomic mass is 35.5. The summed E-state index contributed by atoms with van der Waals surface area (Å²) in [5, 5.41) is 12.5. The smallest absolute Gasteiger partial charge is 0.295 e. The third-order valence-electron chi connectivity index (χ3n) is 6.06. The molecular weight excluding hydrogens is 466 g/mol. The molecule has 1 aliphatic rings. The van der Waals surface area contributed by atoms with Gasteiger partial charge in [0.2, 0.25) is 0 Å². The number of hydrogen-bond donors (Lipinski definition) is 2. The van der Waals surface area contributed by atoms with Gasteiger partial charge in [-0.05, 0) is 48.9 Å². The van der Waals surface area contributed by atoms with Gasteiger partial charge in [-0.25, -0.2) is 0 Å². The zero-order valence-electron chi connectivity index (χ0n) is 18.9. The lowest BCUT2D eigenvalue weighted by molar-refractivity contribution is -0.140. The van der Waals surface area contributed by atoms with Crippen LogP contribution in [0.4, 0.5) is 0 Å². The van der Waals surface area contributed by atoms with E-state index in [0.717, 1.165) is 16.5 Å². The Bertz CT molecular complexity index is 1460. The minimum Gasteiger partial charge on any atom is -0.507 e. The number of carbonyl (C=O) groups excluding carboxylic acids is 2. The first-order valence-corrected chi connectivity index (χ1v) is 11.5. The van der Waals surface area contributed by atoms with Crippen LogP contribution < -0.4 is 4.74 Å². The number of para-hydroxylation sites is 1. The molecule has 1 amide bonds. The molecule has 2 N–H and O–H groups in total. The van der Waals surface area contributed by atoms with Crippen molar-refractivity contribution in [1.82, 2.24) is 14.9 Å². The average Bonchev–Trinajstić information content (AvgIpc) is 3.40. The molecule has 0 radical (unpaired) electrons. The van der Waals surface area contributed by atoms with Crippen LogP contribution in [0.1, 0.15) is 29.7 Å². The normalized spacial score (nSPS) is 17.3. The number of H-pyrrole nitrogens is 1. The number of benzene rings is 2. The highest BCUT2D eigenvalue weighted by Gasteiger charge is 2.47. The predicted octanol–water partition coefficient (Wildman–Crippen LogP) is 5.24. The number of amides is 1. The predicted molar refractivity (Wildman–Crippen MR) is 133 cm³/mol. The number of hydrogen-bond acceptors (Lipinski definition) is 5. The fourth-order valence-corrected chi connectivity index (χ4v) is 4.67. The fraction of sp³-hybridized carbons (Fsp3) is 0.148. The van der Waals surface area contributed by atoms with Crippen LogP contribution in [0.25, 0.3) is 16.7 Å². The van der Waals surface area contributed by atoms with Crippen molar-refractivity contribution in [3.63, 3.8) is 0 Å². The molecule has 3 heterocycles. The van der Waals surface area contributed by atoms with E-state index >= 15 is 0 Å². The van der Waals surface area contributed by atoms with Crippen LogP contribution in [0.3, 0.4) is 0 Å². The summed E-state index contributed by atoms with van der Waals surface area (Å²) in [5.41, 5.74) is 2.57. The van der Waals surface area contributed by atoms with Gasteiger partial charge in [0, 0.05) is 47.2 Å². The maximum atomic E-state index is 13.4. The number of ketones is 1. The average molecular weight is 488 g/mol. The van der Waals surface area contributed by atoms with Crippen LogP contribution in [0.5, 0.6) is 5.75 Å². The summed E-state index contributed by atoms with van der Waals surface area (Å²) >= 11 is 6.41. The lowest BCUT2D eigenvalue weighted by Crippen LogP contribution is -2.29. The second-order valence-electron chi connectivity index (χ2n) is 8.15. The number of aliphatic hydroxyl groups is 1. The summed E-state index contributed by atoms with van der Waals surface area (Å²) in [6.45, 7) is 2.43. The number of nitrogens with zero attached hydrogens (tertiary/aromatic N) is 2. The van der Waals surface area contributed by atoms with Crippen molar-refractivity contribution in [1.29, 1.82) is 0 Å². The van der Waals surface area contributed by atoms with Gasteiger partial charge in [0.15, 0.2) is 0 Å². The summed E-state index contributed by atoms with van der Waals surface area (Å²) in [5.74, 6) is -1.32. The van der Waals surface area contributed by atoms with Crippen molar-refractivity contribution in [2.24, 2.45) is 0 Å². The molecule has 1 saturated heterocycles. The number of rotatable bonds is 6. The van der Waals surface area contributed by atoms with E-state index in [2.05, 4.69) is 9.97 Å². The number of aromatic amines is 1. The number of fused-ring (bicyclic) bond motifs is 1. The van der Waals surface area contributed by atoms with Gasteiger partial charge in [0.1, 0.15) is 11.5 Å². The SMILES string of the molecule is CCOc1ccc(Cl)c(/C(O)=C2\C(=O)C(=O)N(Cc3ccncc3)C2c2c[nH]c3ccccc23)c1. The minimum atomic E-state index is -0.828. The molecule has 0 spiro atoms. The molecule has 8 heteroatoms. The van der Waals surface area contributed by atoms with Crippen LogP contribution in [0, 0.1) is 0 Å². The van der Waals surface area contributed by atoms with Crippen molar-refractivity contribution < 1.29 is 19.4 Å². The monoisotopic (exact) mass is 487 g/mol. The summed E-state index contributed by atoms with van der Waals surface area (Å²) in [7, 11) is 0. The summed E-state index contributed by atoms with van der Waals surface area (Å²) in [4.78, 5) is 35.4. The highest BCUT2D eigenvalue weighted by Crippen LogP contribution is 2.43. The van der Waals surface area contributed by atoms with Gasteiger partial charge in [-0.1, -0.05) is 29.8 Å². The third kappa shape index (κ3) is 4.04. The molecule has 2 aromatic carbocycles. The number of nitrogens with one attached hydrogen (secondary N) is 1. The molecule has 1 fully saturated rings. The maximum absolute atomic E-state index is 13.4. The Morgan fingerprint density at radius 3 is 2.69 bits per heavy atom. The van der Waals surface area contributed by atoms with E-state index < -0.39 is 17.7 Å². The number of pyridine rings is 1. The Kier molecular flexibility index (Phi) is 6.01. The molecule has 0 saturated carbocycles. The number of ether oxygens (including phenoxy) is 1.